The van der Waals surface area contributed by atoms with Crippen LogP contribution >= 0.6 is 0 Å². The van der Waals surface area contributed by atoms with Gasteiger partial charge < -0.3 is 24.3 Å². The van der Waals surface area contributed by atoms with Gasteiger partial charge in [-0.25, -0.2) is 0 Å². The third-order valence-electron chi connectivity index (χ3n) is 4.87. The summed E-state index contributed by atoms with van der Waals surface area (Å²) >= 11 is 0. The van der Waals surface area contributed by atoms with Gasteiger partial charge in [-0.2, -0.15) is 0 Å². The zero-order chi connectivity index (χ0) is 17.3. The maximum Gasteiger partial charge on any atom is 0.223 e. The molecule has 132 valence electrons. The molecule has 5 heteroatoms. The van der Waals surface area contributed by atoms with E-state index in [0.717, 1.165) is 59.9 Å². The van der Waals surface area contributed by atoms with E-state index in [9.17, 15) is 0 Å². The Bertz CT molecular complexity index is 768. The van der Waals surface area contributed by atoms with Crippen molar-refractivity contribution in [2.75, 3.05) is 27.3 Å². The molecule has 4 rings (SSSR count). The molecule has 0 aliphatic carbocycles. The van der Waals surface area contributed by atoms with E-state index in [4.69, 9.17) is 18.9 Å². The summed E-state index contributed by atoms with van der Waals surface area (Å²) < 4.78 is 23.1. The molecule has 2 aliphatic rings. The van der Waals surface area contributed by atoms with Gasteiger partial charge >= 0.3 is 0 Å². The Kier molecular flexibility index (Phi) is 4.27. The lowest BCUT2D eigenvalue weighted by atomic mass is 9.99. The molecule has 0 amide bonds. The summed E-state index contributed by atoms with van der Waals surface area (Å²) in [5.41, 5.74) is 3.15. The number of ether oxygens (including phenoxy) is 4. The minimum absolute atomic E-state index is 0.509. The van der Waals surface area contributed by atoms with Crippen LogP contribution in [-0.2, 0) is 11.3 Å². The highest BCUT2D eigenvalue weighted by molar-refractivity contribution is 5.73. The molecule has 0 saturated carbocycles. The van der Waals surface area contributed by atoms with Gasteiger partial charge in [-0.1, -0.05) is 6.07 Å². The number of hydrogen-bond donors (Lipinski definition) is 1. The number of fused-ring (bicyclic) bond motifs is 1. The normalized spacial score (nSPS) is 22.2. The van der Waals surface area contributed by atoms with Crippen molar-refractivity contribution in [1.82, 2.24) is 5.32 Å². The van der Waals surface area contributed by atoms with Crippen LogP contribution in [0.15, 0.2) is 36.4 Å². The Morgan fingerprint density at radius 3 is 2.76 bits per heavy atom. The molecule has 2 heterocycles. The van der Waals surface area contributed by atoms with Crippen LogP contribution in [0.5, 0.6) is 17.2 Å². The minimum atomic E-state index is -0.509. The zero-order valence-corrected chi connectivity index (χ0v) is 14.6. The van der Waals surface area contributed by atoms with E-state index in [1.165, 1.54) is 0 Å². The van der Waals surface area contributed by atoms with Crippen LogP contribution in [0.25, 0.3) is 11.1 Å². The van der Waals surface area contributed by atoms with Crippen molar-refractivity contribution >= 4 is 0 Å². The number of nitrogens with one attached hydrogen (secondary N) is 1. The summed E-state index contributed by atoms with van der Waals surface area (Å²) in [5.74, 6) is 1.96. The van der Waals surface area contributed by atoms with Crippen LogP contribution in [-0.4, -0.2) is 33.1 Å². The van der Waals surface area contributed by atoms with Gasteiger partial charge in [0.15, 0.2) is 0 Å². The van der Waals surface area contributed by atoms with Crippen molar-refractivity contribution in [2.45, 2.75) is 25.2 Å². The van der Waals surface area contributed by atoms with E-state index in [1.54, 1.807) is 14.2 Å². The van der Waals surface area contributed by atoms with E-state index in [-0.39, 0.29) is 0 Å². The Morgan fingerprint density at radius 2 is 2.00 bits per heavy atom. The van der Waals surface area contributed by atoms with E-state index in [1.807, 2.05) is 24.3 Å². The fourth-order valence-electron chi connectivity index (χ4n) is 3.50. The van der Waals surface area contributed by atoms with Crippen molar-refractivity contribution in [1.29, 1.82) is 0 Å². The first kappa shape index (κ1) is 16.2. The second-order valence-electron chi connectivity index (χ2n) is 6.47. The highest BCUT2D eigenvalue weighted by Crippen LogP contribution is 2.39. The maximum atomic E-state index is 6.21. The number of benzene rings is 2. The molecule has 1 unspecified atom stereocenters. The van der Waals surface area contributed by atoms with E-state index in [2.05, 4.69) is 17.4 Å². The van der Waals surface area contributed by atoms with E-state index >= 15 is 0 Å². The van der Waals surface area contributed by atoms with Crippen LogP contribution in [0.2, 0.25) is 0 Å². The van der Waals surface area contributed by atoms with Crippen molar-refractivity contribution in [3.05, 3.63) is 42.0 Å². The third kappa shape index (κ3) is 3.05. The molecule has 1 saturated heterocycles. The Morgan fingerprint density at radius 1 is 1.08 bits per heavy atom. The van der Waals surface area contributed by atoms with Crippen molar-refractivity contribution in [2.24, 2.45) is 0 Å². The fraction of sp³-hybridized carbons (Fsp3) is 0.400. The molecule has 2 aliphatic heterocycles. The highest BCUT2D eigenvalue weighted by Gasteiger charge is 2.39. The first-order valence-electron chi connectivity index (χ1n) is 8.62. The van der Waals surface area contributed by atoms with Gasteiger partial charge in [0, 0.05) is 23.6 Å². The predicted molar refractivity (Wildman–Crippen MR) is 95.2 cm³/mol. The molecular weight excluding hydrogens is 318 g/mol. The number of hydrogen-bond acceptors (Lipinski definition) is 5. The van der Waals surface area contributed by atoms with Gasteiger partial charge in [-0.05, 0) is 42.8 Å². The standard InChI is InChI=1S/C20H23NO4/c1-22-16-5-6-17(19(11-16)23-2)14-4-7-18-15(10-14)12-24-20(25-18)8-3-9-21-13-20/h4-7,10-11,21H,3,8-9,12-13H2,1-2H3. The molecule has 1 spiro atoms. The summed E-state index contributed by atoms with van der Waals surface area (Å²) in [6, 6.07) is 12.1. The Hall–Kier alpha value is -2.24. The molecule has 2 aromatic rings. The second-order valence-corrected chi connectivity index (χ2v) is 6.47. The van der Waals surface area contributed by atoms with Gasteiger partial charge in [0.05, 0.1) is 27.4 Å². The number of piperidine rings is 1. The summed E-state index contributed by atoms with van der Waals surface area (Å²) in [7, 11) is 3.32. The summed E-state index contributed by atoms with van der Waals surface area (Å²) in [5, 5.41) is 3.36. The topological polar surface area (TPSA) is 49.0 Å². The van der Waals surface area contributed by atoms with Crippen molar-refractivity contribution < 1.29 is 18.9 Å². The lowest BCUT2D eigenvalue weighted by Gasteiger charge is -2.41. The Balaban J connectivity index is 1.64. The van der Waals surface area contributed by atoms with Gasteiger partial charge in [0.1, 0.15) is 17.2 Å². The van der Waals surface area contributed by atoms with Crippen molar-refractivity contribution in [3.63, 3.8) is 0 Å². The summed E-state index contributed by atoms with van der Waals surface area (Å²) in [6.45, 7) is 2.32. The average molecular weight is 341 g/mol. The summed E-state index contributed by atoms with van der Waals surface area (Å²) in [6.07, 6.45) is 1.99. The molecule has 1 atom stereocenters. The van der Waals surface area contributed by atoms with E-state index in [0.29, 0.717) is 6.61 Å². The molecule has 0 radical (unpaired) electrons. The third-order valence-corrected chi connectivity index (χ3v) is 4.87. The number of methoxy groups -OCH3 is 2. The first-order valence-corrected chi connectivity index (χ1v) is 8.62. The predicted octanol–water partition coefficient (Wildman–Crippen LogP) is 3.36. The highest BCUT2D eigenvalue weighted by atomic mass is 16.7. The molecule has 0 bridgehead atoms. The fourth-order valence-corrected chi connectivity index (χ4v) is 3.50. The molecular formula is C20H23NO4. The lowest BCUT2D eigenvalue weighted by Crippen LogP contribution is -2.53. The SMILES string of the molecule is COc1ccc(-c2ccc3c(c2)COC2(CCCNC2)O3)c(OC)c1. The van der Waals surface area contributed by atoms with Crippen molar-refractivity contribution in [3.8, 4) is 28.4 Å². The molecule has 0 aromatic heterocycles. The van der Waals surface area contributed by atoms with Crippen LogP contribution in [0.1, 0.15) is 18.4 Å². The van der Waals surface area contributed by atoms with Gasteiger partial charge in [0.25, 0.3) is 0 Å². The van der Waals surface area contributed by atoms with E-state index < -0.39 is 5.79 Å². The molecule has 5 nitrogen and oxygen atoms in total. The smallest absolute Gasteiger partial charge is 0.223 e. The molecule has 1 N–H and O–H groups in total. The van der Waals surface area contributed by atoms with Gasteiger partial charge in [-0.3, -0.25) is 0 Å². The first-order chi connectivity index (χ1) is 12.2. The monoisotopic (exact) mass is 341 g/mol. The largest absolute Gasteiger partial charge is 0.497 e. The van der Waals surface area contributed by atoms with Gasteiger partial charge in [0.2, 0.25) is 5.79 Å². The average Bonchev–Trinajstić information content (AvgIpc) is 2.67. The van der Waals surface area contributed by atoms with Crippen LogP contribution in [0, 0.1) is 0 Å². The molecule has 25 heavy (non-hydrogen) atoms. The second kappa shape index (κ2) is 6.58. The van der Waals surface area contributed by atoms with Gasteiger partial charge in [-0.15, -0.1) is 0 Å². The van der Waals surface area contributed by atoms with Crippen LogP contribution in [0.4, 0.5) is 0 Å². The zero-order valence-electron chi connectivity index (χ0n) is 14.6. The number of rotatable bonds is 3. The quantitative estimate of drug-likeness (QED) is 0.928. The maximum absolute atomic E-state index is 6.21. The summed E-state index contributed by atoms with van der Waals surface area (Å²) in [4.78, 5) is 0. The lowest BCUT2D eigenvalue weighted by molar-refractivity contribution is -0.213. The van der Waals surface area contributed by atoms with Crippen LogP contribution < -0.4 is 19.5 Å². The Labute approximate surface area is 147 Å². The molecule has 2 aromatic carbocycles. The van der Waals surface area contributed by atoms with Crippen LogP contribution in [0.3, 0.4) is 0 Å². The molecule has 1 fully saturated rings. The minimum Gasteiger partial charge on any atom is -0.497 e.